The number of nitrogens with zero attached hydrogens (tertiary/aromatic N) is 1. The van der Waals surface area contributed by atoms with Crippen LogP contribution in [-0.4, -0.2) is 24.5 Å². The third-order valence-corrected chi connectivity index (χ3v) is 3.16. The van der Waals surface area contributed by atoms with Crippen LogP contribution in [0, 0.1) is 11.3 Å². The first-order chi connectivity index (χ1) is 6.47. The second kappa shape index (κ2) is 5.16. The zero-order valence-corrected chi connectivity index (χ0v) is 10.5. The predicted octanol–water partition coefficient (Wildman–Crippen LogP) is 3.54. The highest BCUT2D eigenvalue weighted by molar-refractivity contribution is 4.71. The van der Waals surface area contributed by atoms with Gasteiger partial charge in [-0.2, -0.15) is 0 Å². The minimum absolute atomic E-state index is 0.513. The third-order valence-electron chi connectivity index (χ3n) is 3.16. The largest absolute Gasteiger partial charge is 0.303 e. The summed E-state index contributed by atoms with van der Waals surface area (Å²) in [7, 11) is 0. The number of rotatable bonds is 4. The van der Waals surface area contributed by atoms with Crippen LogP contribution in [0.4, 0.5) is 0 Å². The lowest BCUT2D eigenvalue weighted by Gasteiger charge is -2.24. The molecule has 0 aliphatic carbocycles. The van der Waals surface area contributed by atoms with Gasteiger partial charge in [0.15, 0.2) is 0 Å². The molecule has 14 heavy (non-hydrogen) atoms. The van der Waals surface area contributed by atoms with Crippen molar-refractivity contribution in [3.8, 4) is 0 Å². The first-order valence-corrected chi connectivity index (χ1v) is 6.20. The van der Waals surface area contributed by atoms with E-state index in [0.29, 0.717) is 5.41 Å². The van der Waals surface area contributed by atoms with Gasteiger partial charge in [-0.05, 0) is 50.1 Å². The highest BCUT2D eigenvalue weighted by atomic mass is 15.1. The third kappa shape index (κ3) is 4.99. The van der Waals surface area contributed by atoms with E-state index in [4.69, 9.17) is 0 Å². The first kappa shape index (κ1) is 12.0. The molecular formula is C13H27N. The Kier molecular flexibility index (Phi) is 4.43. The van der Waals surface area contributed by atoms with Gasteiger partial charge in [0.25, 0.3) is 0 Å². The quantitative estimate of drug-likeness (QED) is 0.666. The average molecular weight is 197 g/mol. The molecule has 0 bridgehead atoms. The van der Waals surface area contributed by atoms with Crippen molar-refractivity contribution >= 4 is 0 Å². The maximum atomic E-state index is 2.63. The molecule has 0 amide bonds. The fraction of sp³-hybridized carbons (Fsp3) is 1.00. The van der Waals surface area contributed by atoms with Gasteiger partial charge in [0.1, 0.15) is 0 Å². The second-order valence-corrected chi connectivity index (χ2v) is 6.21. The fourth-order valence-corrected chi connectivity index (χ4v) is 2.18. The van der Waals surface area contributed by atoms with Gasteiger partial charge in [-0.1, -0.05) is 27.7 Å². The van der Waals surface area contributed by atoms with E-state index in [9.17, 15) is 0 Å². The summed E-state index contributed by atoms with van der Waals surface area (Å²) in [6.07, 6.45) is 5.60. The highest BCUT2D eigenvalue weighted by Gasteiger charge is 2.17. The van der Waals surface area contributed by atoms with Crippen molar-refractivity contribution in [2.24, 2.45) is 11.3 Å². The van der Waals surface area contributed by atoms with E-state index in [1.165, 1.54) is 45.3 Å². The SMILES string of the molecule is CC(CCC(C)(C)C)CN1CCCC1. The van der Waals surface area contributed by atoms with Crippen molar-refractivity contribution < 1.29 is 0 Å². The lowest BCUT2D eigenvalue weighted by Crippen LogP contribution is -2.25. The Labute approximate surface area is 89.9 Å². The molecule has 1 unspecified atom stereocenters. The summed E-state index contributed by atoms with van der Waals surface area (Å²) in [6, 6.07) is 0. The molecule has 1 nitrogen and oxygen atoms in total. The van der Waals surface area contributed by atoms with Crippen LogP contribution in [-0.2, 0) is 0 Å². The molecule has 0 saturated carbocycles. The van der Waals surface area contributed by atoms with Crippen LogP contribution in [0.15, 0.2) is 0 Å². The number of hydrogen-bond acceptors (Lipinski definition) is 1. The van der Waals surface area contributed by atoms with E-state index in [1.807, 2.05) is 0 Å². The summed E-state index contributed by atoms with van der Waals surface area (Å²) in [4.78, 5) is 2.63. The van der Waals surface area contributed by atoms with Gasteiger partial charge in [0.05, 0.1) is 0 Å². The average Bonchev–Trinajstić information content (AvgIpc) is 2.52. The number of hydrogen-bond donors (Lipinski definition) is 0. The molecule has 1 aliphatic heterocycles. The van der Waals surface area contributed by atoms with Crippen molar-refractivity contribution in [2.45, 2.75) is 53.4 Å². The second-order valence-electron chi connectivity index (χ2n) is 6.21. The Morgan fingerprint density at radius 2 is 1.71 bits per heavy atom. The molecule has 1 heteroatoms. The van der Waals surface area contributed by atoms with Gasteiger partial charge in [-0.3, -0.25) is 0 Å². The molecule has 1 fully saturated rings. The van der Waals surface area contributed by atoms with Crippen molar-refractivity contribution in [1.29, 1.82) is 0 Å². The molecule has 0 radical (unpaired) electrons. The van der Waals surface area contributed by atoms with Gasteiger partial charge in [-0.15, -0.1) is 0 Å². The summed E-state index contributed by atoms with van der Waals surface area (Å²) in [5.74, 6) is 0.882. The number of likely N-dealkylation sites (tertiary alicyclic amines) is 1. The monoisotopic (exact) mass is 197 g/mol. The molecule has 0 aromatic rings. The molecule has 0 aromatic heterocycles. The molecule has 84 valence electrons. The van der Waals surface area contributed by atoms with Gasteiger partial charge in [0, 0.05) is 6.54 Å². The maximum absolute atomic E-state index is 2.63. The molecule has 1 rings (SSSR count). The fourth-order valence-electron chi connectivity index (χ4n) is 2.18. The van der Waals surface area contributed by atoms with E-state index in [1.54, 1.807) is 0 Å². The minimum Gasteiger partial charge on any atom is -0.303 e. The molecule has 0 N–H and O–H groups in total. The summed E-state index contributed by atoms with van der Waals surface area (Å²) < 4.78 is 0. The van der Waals surface area contributed by atoms with Crippen molar-refractivity contribution in [2.75, 3.05) is 19.6 Å². The van der Waals surface area contributed by atoms with Crippen LogP contribution in [0.2, 0.25) is 0 Å². The molecule has 1 heterocycles. The first-order valence-electron chi connectivity index (χ1n) is 6.20. The smallest absolute Gasteiger partial charge is 0.000702 e. The van der Waals surface area contributed by atoms with Crippen LogP contribution in [0.1, 0.15) is 53.4 Å². The molecule has 0 aromatic carbocycles. The van der Waals surface area contributed by atoms with Crippen LogP contribution in [0.3, 0.4) is 0 Å². The zero-order valence-electron chi connectivity index (χ0n) is 10.5. The lowest BCUT2D eigenvalue weighted by atomic mass is 9.87. The van der Waals surface area contributed by atoms with E-state index in [-0.39, 0.29) is 0 Å². The standard InChI is InChI=1S/C13H27N/c1-12(7-8-13(2,3)4)11-14-9-5-6-10-14/h12H,5-11H2,1-4H3. The molecule has 1 aliphatic rings. The van der Waals surface area contributed by atoms with E-state index >= 15 is 0 Å². The summed E-state index contributed by atoms with van der Waals surface area (Å²) in [5, 5.41) is 0. The van der Waals surface area contributed by atoms with E-state index in [2.05, 4.69) is 32.6 Å². The van der Waals surface area contributed by atoms with Gasteiger partial charge in [-0.25, -0.2) is 0 Å². The molecule has 1 saturated heterocycles. The van der Waals surface area contributed by atoms with Crippen LogP contribution in [0.5, 0.6) is 0 Å². The Morgan fingerprint density at radius 1 is 1.14 bits per heavy atom. The van der Waals surface area contributed by atoms with Crippen molar-refractivity contribution in [3.63, 3.8) is 0 Å². The molecule has 0 spiro atoms. The highest BCUT2D eigenvalue weighted by Crippen LogP contribution is 2.24. The van der Waals surface area contributed by atoms with Crippen molar-refractivity contribution in [3.05, 3.63) is 0 Å². The molecular weight excluding hydrogens is 170 g/mol. The van der Waals surface area contributed by atoms with E-state index in [0.717, 1.165) is 5.92 Å². The maximum Gasteiger partial charge on any atom is 0.000702 e. The zero-order chi connectivity index (χ0) is 10.6. The summed E-state index contributed by atoms with van der Waals surface area (Å²) >= 11 is 0. The molecule has 1 atom stereocenters. The van der Waals surface area contributed by atoms with Gasteiger partial charge in [0.2, 0.25) is 0 Å². The van der Waals surface area contributed by atoms with Crippen LogP contribution >= 0.6 is 0 Å². The van der Waals surface area contributed by atoms with Crippen molar-refractivity contribution in [1.82, 2.24) is 4.90 Å². The Bertz CT molecular complexity index is 151. The Balaban J connectivity index is 2.12. The van der Waals surface area contributed by atoms with E-state index < -0.39 is 0 Å². The summed E-state index contributed by atoms with van der Waals surface area (Å²) in [5.41, 5.74) is 0.513. The van der Waals surface area contributed by atoms with Crippen LogP contribution < -0.4 is 0 Å². The normalized spacial score (nSPS) is 21.4. The van der Waals surface area contributed by atoms with Crippen LogP contribution in [0.25, 0.3) is 0 Å². The lowest BCUT2D eigenvalue weighted by molar-refractivity contribution is 0.253. The Morgan fingerprint density at radius 3 is 2.21 bits per heavy atom. The topological polar surface area (TPSA) is 3.24 Å². The Hall–Kier alpha value is -0.0400. The summed E-state index contributed by atoms with van der Waals surface area (Å²) in [6.45, 7) is 13.5. The minimum atomic E-state index is 0.513. The van der Waals surface area contributed by atoms with Gasteiger partial charge >= 0.3 is 0 Å². The predicted molar refractivity (Wildman–Crippen MR) is 63.5 cm³/mol. The van der Waals surface area contributed by atoms with Gasteiger partial charge < -0.3 is 4.90 Å².